The molecule has 0 aliphatic carbocycles. The molecule has 8 aromatic carbocycles. The van der Waals surface area contributed by atoms with E-state index in [1.54, 1.807) is 38.1 Å². The number of para-hydroxylation sites is 2. The van der Waals surface area contributed by atoms with E-state index in [0.29, 0.717) is 46.5 Å². The average Bonchev–Trinajstić information content (AvgIpc) is 3.47. The maximum atomic E-state index is 14.1. The maximum Gasteiger partial charge on any atom is 0.470 e. The number of hydrogen-bond donors (Lipinski definition) is 0. The van der Waals surface area contributed by atoms with E-state index in [0.717, 1.165) is 69.5 Å². The summed E-state index contributed by atoms with van der Waals surface area (Å²) in [6.07, 6.45) is -25.8. The lowest BCUT2D eigenvalue weighted by atomic mass is 10.0. The van der Waals surface area contributed by atoms with Crippen LogP contribution >= 0.6 is 0 Å². The quantitative estimate of drug-likeness (QED) is 0.0659. The molecule has 22 heteroatoms. The molecule has 0 N–H and O–H groups in total. The predicted molar refractivity (Wildman–Crippen MR) is 275 cm³/mol. The minimum atomic E-state index is -6.45. The molecule has 0 aliphatic heterocycles. The molecule has 0 bridgehead atoms. The monoisotopic (exact) mass is 1150 g/mol. The van der Waals surface area contributed by atoms with Gasteiger partial charge in [0.05, 0.1) is 11.1 Å². The van der Waals surface area contributed by atoms with Crippen LogP contribution in [0.1, 0.15) is 43.0 Å². The van der Waals surface area contributed by atoms with Gasteiger partial charge in [0.1, 0.15) is 24.7 Å². The van der Waals surface area contributed by atoms with Crippen molar-refractivity contribution in [1.82, 2.24) is 0 Å². The number of benzene rings is 8. The number of ether oxygens (including phenoxy) is 4. The second kappa shape index (κ2) is 23.2. The van der Waals surface area contributed by atoms with Gasteiger partial charge >= 0.3 is 48.4 Å². The number of rotatable bonds is 17. The number of alkyl halides is 14. The maximum absolute atomic E-state index is 14.1. The molecule has 0 fully saturated rings. The molecule has 426 valence electrons. The van der Waals surface area contributed by atoms with Gasteiger partial charge in [-0.15, -0.1) is 0 Å². The fraction of sp³-hybridized carbons (Fsp3) is 0.167. The number of halogens is 14. The van der Waals surface area contributed by atoms with Crippen molar-refractivity contribution >= 4 is 46.1 Å². The van der Waals surface area contributed by atoms with E-state index in [1.807, 2.05) is 131 Å². The highest BCUT2D eigenvalue weighted by molar-refractivity contribution is 5.90. The van der Waals surface area contributed by atoms with Crippen LogP contribution in [0.4, 0.5) is 95.6 Å². The normalized spacial score (nSPS) is 12.3. The number of carbonyl (C=O) groups excluding carboxylic acids is 2. The summed E-state index contributed by atoms with van der Waals surface area (Å²) in [5.41, 5.74) is 8.48. The molecule has 0 unspecified atom stereocenters. The number of nitrogens with zero attached hydrogens (tertiary/aromatic N) is 2. The first-order valence-electron chi connectivity index (χ1n) is 24.2. The lowest BCUT2D eigenvalue weighted by Crippen LogP contribution is -2.57. The molecule has 0 spiro atoms. The Bertz CT molecular complexity index is 3240. The lowest BCUT2D eigenvalue weighted by Gasteiger charge is -2.29. The Kier molecular flexibility index (Phi) is 16.7. The van der Waals surface area contributed by atoms with Crippen molar-refractivity contribution in [3.05, 3.63) is 228 Å². The molecule has 8 nitrogen and oxygen atoms in total. The smallest absolute Gasteiger partial charge is 0.457 e. The van der Waals surface area contributed by atoms with Gasteiger partial charge in [-0.05, 0) is 169 Å². The summed E-state index contributed by atoms with van der Waals surface area (Å²) < 4.78 is 202. The molecular weight excluding hydrogens is 1110 g/mol. The van der Waals surface area contributed by atoms with E-state index in [2.05, 4.69) is 9.47 Å². The zero-order valence-corrected chi connectivity index (χ0v) is 42.5. The molecule has 0 aliphatic rings. The summed E-state index contributed by atoms with van der Waals surface area (Å²) in [5.74, 6) is -16.2. The van der Waals surface area contributed by atoms with Crippen LogP contribution < -0.4 is 19.3 Å². The molecule has 0 heterocycles. The van der Waals surface area contributed by atoms with Crippen molar-refractivity contribution in [2.45, 2.75) is 63.5 Å². The molecular formula is C60H42F14N2O6. The molecule has 0 aromatic heterocycles. The van der Waals surface area contributed by atoms with Gasteiger partial charge in [-0.25, -0.2) is 9.59 Å². The second-order valence-electron chi connectivity index (χ2n) is 18.2. The largest absolute Gasteiger partial charge is 0.470 e. The summed E-state index contributed by atoms with van der Waals surface area (Å²) in [6, 6.07) is 51.0. The fourth-order valence-corrected chi connectivity index (χ4v) is 8.27. The van der Waals surface area contributed by atoms with Crippen molar-refractivity contribution in [1.29, 1.82) is 0 Å². The van der Waals surface area contributed by atoms with Gasteiger partial charge in [-0.3, -0.25) is 0 Å². The van der Waals surface area contributed by atoms with E-state index in [1.165, 1.54) is 0 Å². The van der Waals surface area contributed by atoms with Crippen LogP contribution in [-0.2, 0) is 22.7 Å². The second-order valence-corrected chi connectivity index (χ2v) is 18.2. The van der Waals surface area contributed by atoms with Gasteiger partial charge < -0.3 is 28.7 Å². The summed E-state index contributed by atoms with van der Waals surface area (Å²) >= 11 is 0. The van der Waals surface area contributed by atoms with Gasteiger partial charge in [0, 0.05) is 34.1 Å². The van der Waals surface area contributed by atoms with E-state index in [-0.39, 0.29) is 24.3 Å². The van der Waals surface area contributed by atoms with E-state index < -0.39 is 59.9 Å². The van der Waals surface area contributed by atoms with Gasteiger partial charge in [0.2, 0.25) is 0 Å². The predicted octanol–water partition coefficient (Wildman–Crippen LogP) is 18.0. The molecule has 8 aromatic rings. The van der Waals surface area contributed by atoms with Gasteiger partial charge in [-0.2, -0.15) is 61.5 Å². The van der Waals surface area contributed by atoms with Crippen molar-refractivity contribution < 1.29 is 90.0 Å². The lowest BCUT2D eigenvalue weighted by molar-refractivity contribution is -0.406. The van der Waals surface area contributed by atoms with Gasteiger partial charge in [0.25, 0.3) is 0 Å². The summed E-state index contributed by atoms with van der Waals surface area (Å²) in [7, 11) is 0. The van der Waals surface area contributed by atoms with Crippen LogP contribution in [0, 0.1) is 13.8 Å². The van der Waals surface area contributed by atoms with Crippen LogP contribution in [-0.4, -0.2) is 48.4 Å². The third-order valence-corrected chi connectivity index (χ3v) is 12.7. The zero-order valence-electron chi connectivity index (χ0n) is 42.5. The molecule has 8 rings (SSSR count). The van der Waals surface area contributed by atoms with Gasteiger partial charge in [0.15, 0.2) is 0 Å². The number of hydrogen-bond acceptors (Lipinski definition) is 8. The van der Waals surface area contributed by atoms with E-state index in [4.69, 9.17) is 9.47 Å². The topological polar surface area (TPSA) is 77.5 Å². The Hall–Kier alpha value is -9.08. The molecule has 0 atom stereocenters. The molecule has 0 amide bonds. The van der Waals surface area contributed by atoms with Crippen molar-refractivity contribution in [2.75, 3.05) is 9.80 Å². The standard InChI is InChI=1S/C60H42F14N2O6/c1-37-33-49(27-17-43(37)35-79-53(77)41-19-29-51(30-20-41)81-55(61,57(63,64)65)58(66,67)68)75(45-9-5-3-6-10-45)47-23-13-39(14-24-47)40-15-25-48(26-16-40)76(46-11-7-4-8-12-46)50-28-18-44(38(2)34-50)36-80-54(78)42-21-31-52(32-22-42)82-56(62,59(69,70)71)60(72,73)74/h3-34H,35-36H2,1-2H3. The Labute approximate surface area is 458 Å². The van der Waals surface area contributed by atoms with Crippen LogP contribution in [0.2, 0.25) is 0 Å². The first-order valence-corrected chi connectivity index (χ1v) is 24.2. The Balaban J connectivity index is 0.939. The van der Waals surface area contributed by atoms with Crippen LogP contribution in [0.3, 0.4) is 0 Å². The van der Waals surface area contributed by atoms with Crippen molar-refractivity contribution in [2.24, 2.45) is 0 Å². The number of carbonyl (C=O) groups is 2. The minimum Gasteiger partial charge on any atom is -0.457 e. The molecule has 82 heavy (non-hydrogen) atoms. The Morgan fingerprint density at radius 1 is 0.354 bits per heavy atom. The van der Waals surface area contributed by atoms with Gasteiger partial charge in [-0.1, -0.05) is 72.8 Å². The SMILES string of the molecule is Cc1cc(N(c2ccccc2)c2ccc(-c3ccc(N(c4ccccc4)c4ccc(COC(=O)c5ccc(OC(F)(C(F)(F)F)C(F)(F)F)cc5)c(C)c4)cc3)cc2)ccc1COC(=O)c1ccc(OC(F)(C(F)(F)F)C(F)(F)F)cc1. The zero-order chi connectivity index (χ0) is 59.4. The summed E-state index contributed by atoms with van der Waals surface area (Å²) in [6.45, 7) is 3.05. The Morgan fingerprint density at radius 2 is 0.634 bits per heavy atom. The number of anilines is 6. The number of aryl methyl sites for hydroxylation is 2. The van der Waals surface area contributed by atoms with E-state index >= 15 is 0 Å². The highest BCUT2D eigenvalue weighted by Crippen LogP contribution is 2.49. The highest BCUT2D eigenvalue weighted by Gasteiger charge is 2.77. The fourth-order valence-electron chi connectivity index (χ4n) is 8.27. The van der Waals surface area contributed by atoms with E-state index in [9.17, 15) is 71.1 Å². The molecule has 0 radical (unpaired) electrons. The summed E-state index contributed by atoms with van der Waals surface area (Å²) in [5, 5.41) is 0. The Morgan fingerprint density at radius 3 is 0.915 bits per heavy atom. The molecule has 0 saturated heterocycles. The minimum absolute atomic E-state index is 0.252. The third-order valence-electron chi connectivity index (χ3n) is 12.7. The van der Waals surface area contributed by atoms with Crippen LogP contribution in [0.25, 0.3) is 11.1 Å². The van der Waals surface area contributed by atoms with Crippen molar-refractivity contribution in [3.8, 4) is 22.6 Å². The van der Waals surface area contributed by atoms with Crippen LogP contribution in [0.5, 0.6) is 11.5 Å². The highest BCUT2D eigenvalue weighted by atomic mass is 19.4. The first kappa shape index (κ1) is 59.1. The van der Waals surface area contributed by atoms with Crippen LogP contribution in [0.15, 0.2) is 194 Å². The average molecular weight is 1150 g/mol. The first-order chi connectivity index (χ1) is 38.6. The number of esters is 2. The summed E-state index contributed by atoms with van der Waals surface area (Å²) in [4.78, 5) is 29.7. The van der Waals surface area contributed by atoms with Crippen molar-refractivity contribution in [3.63, 3.8) is 0 Å². The third kappa shape index (κ3) is 12.7. The molecule has 0 saturated carbocycles.